The molecule has 17 heavy (non-hydrogen) atoms. The Bertz CT molecular complexity index is 539. The second-order valence-corrected chi connectivity index (χ2v) is 4.63. The largest absolute Gasteiger partial charge is 0.396 e. The molecule has 0 aliphatic carbocycles. The van der Waals surface area contributed by atoms with Gasteiger partial charge in [0.1, 0.15) is 11.6 Å². The first-order valence-electron chi connectivity index (χ1n) is 5.20. The van der Waals surface area contributed by atoms with Crippen LogP contribution in [0, 0.1) is 5.82 Å². The normalized spacial score (nSPS) is 10.8. The number of aliphatic hydroxyl groups excluding tert-OH is 1. The molecule has 1 aromatic heterocycles. The van der Waals surface area contributed by atoms with Crippen LogP contribution >= 0.6 is 15.9 Å². The summed E-state index contributed by atoms with van der Waals surface area (Å²) in [6, 6.07) is 4.79. The molecule has 1 N–H and O–H groups in total. The minimum atomic E-state index is -0.285. The number of hydrogen-bond acceptors (Lipinski definition) is 2. The van der Waals surface area contributed by atoms with Crippen LogP contribution in [0.1, 0.15) is 5.82 Å². The Morgan fingerprint density at radius 3 is 2.94 bits per heavy atom. The van der Waals surface area contributed by atoms with Crippen LogP contribution in [0.25, 0.3) is 11.3 Å². The predicted molar refractivity (Wildman–Crippen MR) is 67.1 cm³/mol. The van der Waals surface area contributed by atoms with Gasteiger partial charge in [0.05, 0.1) is 18.5 Å². The van der Waals surface area contributed by atoms with E-state index in [-0.39, 0.29) is 12.4 Å². The van der Waals surface area contributed by atoms with Crippen LogP contribution in [-0.4, -0.2) is 21.3 Å². The highest BCUT2D eigenvalue weighted by Crippen LogP contribution is 2.26. The zero-order valence-electron chi connectivity index (χ0n) is 9.32. The average molecular weight is 299 g/mol. The molecule has 3 nitrogen and oxygen atoms in total. The maximum Gasteiger partial charge on any atom is 0.132 e. The van der Waals surface area contributed by atoms with Crippen LogP contribution in [0.2, 0.25) is 0 Å². The van der Waals surface area contributed by atoms with Gasteiger partial charge < -0.3 is 9.67 Å². The van der Waals surface area contributed by atoms with Gasteiger partial charge in [-0.25, -0.2) is 9.37 Å². The van der Waals surface area contributed by atoms with Gasteiger partial charge in [0.2, 0.25) is 0 Å². The van der Waals surface area contributed by atoms with E-state index < -0.39 is 0 Å². The molecule has 0 fully saturated rings. The molecule has 0 saturated heterocycles. The summed E-state index contributed by atoms with van der Waals surface area (Å²) in [7, 11) is 1.81. The standard InChI is InChI=1S/C12H12BrFN2O/c1-16-11(7-15-12(16)4-5-17)9-6-8(13)2-3-10(9)14/h2-3,6-7,17H,4-5H2,1H3. The predicted octanol–water partition coefficient (Wildman–Crippen LogP) is 2.52. The lowest BCUT2D eigenvalue weighted by Gasteiger charge is -2.06. The summed E-state index contributed by atoms with van der Waals surface area (Å²) < 4.78 is 16.3. The first-order chi connectivity index (χ1) is 8.13. The van der Waals surface area contributed by atoms with Crippen molar-refractivity contribution in [3.8, 4) is 11.3 Å². The van der Waals surface area contributed by atoms with Crippen LogP contribution in [0.3, 0.4) is 0 Å². The summed E-state index contributed by atoms with van der Waals surface area (Å²) in [5.74, 6) is 0.452. The van der Waals surface area contributed by atoms with Crippen LogP contribution in [0.15, 0.2) is 28.9 Å². The van der Waals surface area contributed by atoms with Crippen LogP contribution in [-0.2, 0) is 13.5 Å². The van der Waals surface area contributed by atoms with Gasteiger partial charge in [-0.05, 0) is 18.2 Å². The summed E-state index contributed by atoms with van der Waals surface area (Å²) >= 11 is 3.32. The Morgan fingerprint density at radius 2 is 2.24 bits per heavy atom. The molecular formula is C12H12BrFN2O. The van der Waals surface area contributed by atoms with E-state index in [1.165, 1.54) is 6.07 Å². The lowest BCUT2D eigenvalue weighted by Crippen LogP contribution is -2.02. The smallest absolute Gasteiger partial charge is 0.132 e. The molecule has 1 heterocycles. The van der Waals surface area contributed by atoms with Crippen molar-refractivity contribution < 1.29 is 9.50 Å². The van der Waals surface area contributed by atoms with E-state index in [9.17, 15) is 4.39 Å². The van der Waals surface area contributed by atoms with Gasteiger partial charge in [-0.15, -0.1) is 0 Å². The molecule has 0 aliphatic heterocycles. The fourth-order valence-corrected chi connectivity index (χ4v) is 2.09. The highest BCUT2D eigenvalue weighted by molar-refractivity contribution is 9.10. The van der Waals surface area contributed by atoms with Crippen molar-refractivity contribution in [2.24, 2.45) is 7.05 Å². The van der Waals surface area contributed by atoms with Crippen molar-refractivity contribution in [1.82, 2.24) is 9.55 Å². The average Bonchev–Trinajstić information content (AvgIpc) is 2.65. The summed E-state index contributed by atoms with van der Waals surface area (Å²) in [4.78, 5) is 4.17. The van der Waals surface area contributed by atoms with Crippen molar-refractivity contribution in [2.45, 2.75) is 6.42 Å². The Hall–Kier alpha value is -1.20. The van der Waals surface area contributed by atoms with E-state index in [1.54, 1.807) is 22.9 Å². The third-order valence-corrected chi connectivity index (χ3v) is 3.12. The van der Waals surface area contributed by atoms with Gasteiger partial charge in [-0.3, -0.25) is 0 Å². The van der Waals surface area contributed by atoms with Crippen LogP contribution in [0.5, 0.6) is 0 Å². The molecular weight excluding hydrogens is 287 g/mol. The Morgan fingerprint density at radius 1 is 1.47 bits per heavy atom. The summed E-state index contributed by atoms with van der Waals surface area (Å²) in [5, 5.41) is 8.89. The molecule has 0 bridgehead atoms. The molecule has 0 saturated carbocycles. The van der Waals surface area contributed by atoms with Crippen molar-refractivity contribution in [1.29, 1.82) is 0 Å². The lowest BCUT2D eigenvalue weighted by molar-refractivity contribution is 0.295. The number of aromatic nitrogens is 2. The second kappa shape index (κ2) is 4.98. The quantitative estimate of drug-likeness (QED) is 0.945. The molecule has 0 radical (unpaired) electrons. The fraction of sp³-hybridized carbons (Fsp3) is 0.250. The number of aliphatic hydroxyl groups is 1. The van der Waals surface area contributed by atoms with E-state index in [2.05, 4.69) is 20.9 Å². The first-order valence-corrected chi connectivity index (χ1v) is 5.99. The molecule has 0 spiro atoms. The Labute approximate surface area is 107 Å². The summed E-state index contributed by atoms with van der Waals surface area (Å²) in [5.41, 5.74) is 1.20. The molecule has 0 amide bonds. The minimum Gasteiger partial charge on any atom is -0.396 e. The third kappa shape index (κ3) is 2.40. The number of rotatable bonds is 3. The van der Waals surface area contributed by atoms with Gasteiger partial charge in [0.15, 0.2) is 0 Å². The molecule has 90 valence electrons. The zero-order valence-corrected chi connectivity index (χ0v) is 10.9. The SMILES string of the molecule is Cn1c(-c2cc(Br)ccc2F)cnc1CCO. The summed E-state index contributed by atoms with van der Waals surface area (Å²) in [6.07, 6.45) is 2.09. The van der Waals surface area contributed by atoms with Gasteiger partial charge in [-0.1, -0.05) is 15.9 Å². The van der Waals surface area contributed by atoms with Gasteiger partial charge in [0.25, 0.3) is 0 Å². The number of hydrogen-bond donors (Lipinski definition) is 1. The molecule has 2 rings (SSSR count). The molecule has 0 unspecified atom stereocenters. The number of imidazole rings is 1. The third-order valence-electron chi connectivity index (χ3n) is 2.62. The maximum absolute atomic E-state index is 13.7. The van der Waals surface area contributed by atoms with Crippen molar-refractivity contribution in [2.75, 3.05) is 6.61 Å². The van der Waals surface area contributed by atoms with Crippen molar-refractivity contribution in [3.63, 3.8) is 0 Å². The van der Waals surface area contributed by atoms with E-state index in [1.807, 2.05) is 7.05 Å². The zero-order chi connectivity index (χ0) is 12.4. The van der Waals surface area contributed by atoms with Crippen molar-refractivity contribution in [3.05, 3.63) is 40.5 Å². The summed E-state index contributed by atoms with van der Waals surface area (Å²) in [6.45, 7) is 0.0330. The monoisotopic (exact) mass is 298 g/mol. The molecule has 2 aromatic rings. The number of benzene rings is 1. The highest BCUT2D eigenvalue weighted by atomic mass is 79.9. The highest BCUT2D eigenvalue weighted by Gasteiger charge is 2.12. The van der Waals surface area contributed by atoms with Crippen molar-refractivity contribution >= 4 is 15.9 Å². The minimum absolute atomic E-state index is 0.0330. The molecule has 0 atom stereocenters. The second-order valence-electron chi connectivity index (χ2n) is 3.72. The van der Waals surface area contributed by atoms with Gasteiger partial charge in [0, 0.05) is 23.5 Å². The molecule has 0 aliphatic rings. The number of nitrogens with zero attached hydrogens (tertiary/aromatic N) is 2. The maximum atomic E-state index is 13.7. The van der Waals surface area contributed by atoms with E-state index in [0.717, 1.165) is 10.3 Å². The van der Waals surface area contributed by atoms with E-state index in [4.69, 9.17) is 5.11 Å². The van der Waals surface area contributed by atoms with E-state index in [0.29, 0.717) is 17.7 Å². The van der Waals surface area contributed by atoms with E-state index >= 15 is 0 Å². The fourth-order valence-electron chi connectivity index (χ4n) is 1.72. The topological polar surface area (TPSA) is 38.0 Å². The Balaban J connectivity index is 2.49. The first kappa shape index (κ1) is 12.3. The van der Waals surface area contributed by atoms with Gasteiger partial charge in [-0.2, -0.15) is 0 Å². The van der Waals surface area contributed by atoms with Crippen LogP contribution in [0.4, 0.5) is 4.39 Å². The lowest BCUT2D eigenvalue weighted by atomic mass is 10.1. The number of halogens is 2. The Kier molecular flexibility index (Phi) is 3.59. The molecule has 5 heteroatoms. The molecule has 1 aromatic carbocycles. The van der Waals surface area contributed by atoms with Gasteiger partial charge >= 0.3 is 0 Å². The van der Waals surface area contributed by atoms with Crippen LogP contribution < -0.4 is 0 Å².